The Bertz CT molecular complexity index is 834. The van der Waals surface area contributed by atoms with Crippen molar-refractivity contribution in [2.45, 2.75) is 26.2 Å². The van der Waals surface area contributed by atoms with Crippen molar-refractivity contribution in [1.29, 1.82) is 0 Å². The highest BCUT2D eigenvalue weighted by Crippen LogP contribution is 2.26. The van der Waals surface area contributed by atoms with Gasteiger partial charge in [0.25, 0.3) is 0 Å². The molecule has 0 amide bonds. The molecule has 3 aromatic rings. The van der Waals surface area contributed by atoms with Crippen LogP contribution in [-0.2, 0) is 0 Å². The Morgan fingerprint density at radius 2 is 2.00 bits per heavy atom. The molecule has 1 aliphatic rings. The van der Waals surface area contributed by atoms with Crippen molar-refractivity contribution in [1.82, 2.24) is 14.4 Å². The molecule has 0 radical (unpaired) electrons. The summed E-state index contributed by atoms with van der Waals surface area (Å²) in [5.74, 6) is 3.48. The number of ether oxygens (including phenoxy) is 1. The zero-order valence-corrected chi connectivity index (χ0v) is 13.7. The first-order chi connectivity index (χ1) is 11.3. The Balaban J connectivity index is 1.69. The van der Waals surface area contributed by atoms with E-state index >= 15 is 0 Å². The summed E-state index contributed by atoms with van der Waals surface area (Å²) in [5.41, 5.74) is 1.98. The molecule has 1 aliphatic heterocycles. The summed E-state index contributed by atoms with van der Waals surface area (Å²) in [7, 11) is 1.67. The zero-order valence-electron chi connectivity index (χ0n) is 13.7. The Kier molecular flexibility index (Phi) is 3.56. The van der Waals surface area contributed by atoms with Crippen LogP contribution in [0.3, 0.4) is 0 Å². The van der Waals surface area contributed by atoms with Gasteiger partial charge < -0.3 is 9.64 Å². The van der Waals surface area contributed by atoms with Crippen molar-refractivity contribution in [3.8, 4) is 5.75 Å². The third-order valence-electron chi connectivity index (χ3n) is 4.98. The van der Waals surface area contributed by atoms with E-state index in [9.17, 15) is 0 Å². The fraction of sp³-hybridized carbons (Fsp3) is 0.444. The first-order valence-electron chi connectivity index (χ1n) is 8.36. The number of piperidine rings is 1. The lowest BCUT2D eigenvalue weighted by atomic mass is 9.94. The highest BCUT2D eigenvalue weighted by Gasteiger charge is 2.19. The standard InChI is InChI=1S/C18H22N4O/c1-3-13-6-9-21(10-7-13)17-8-11-22-16-5-4-14(23-2)12-15(16)19-18(22)20-17/h4-5,8,11-13H,3,6-7,9-10H2,1-2H3. The van der Waals surface area contributed by atoms with Crippen LogP contribution in [0.1, 0.15) is 26.2 Å². The van der Waals surface area contributed by atoms with Gasteiger partial charge in [0.1, 0.15) is 11.6 Å². The van der Waals surface area contributed by atoms with Gasteiger partial charge in [-0.25, -0.2) is 4.98 Å². The van der Waals surface area contributed by atoms with Gasteiger partial charge in [0, 0.05) is 25.4 Å². The highest BCUT2D eigenvalue weighted by atomic mass is 16.5. The second-order valence-electron chi connectivity index (χ2n) is 6.26. The molecular formula is C18H22N4O. The van der Waals surface area contributed by atoms with Crippen LogP contribution in [0.25, 0.3) is 16.8 Å². The van der Waals surface area contributed by atoms with Crippen LogP contribution < -0.4 is 9.64 Å². The van der Waals surface area contributed by atoms with Crippen LogP contribution in [0.4, 0.5) is 5.82 Å². The third kappa shape index (κ3) is 2.50. The molecule has 2 aromatic heterocycles. The fourth-order valence-corrected chi connectivity index (χ4v) is 3.45. The third-order valence-corrected chi connectivity index (χ3v) is 4.98. The Labute approximate surface area is 135 Å². The normalized spacial score (nSPS) is 16.3. The van der Waals surface area contributed by atoms with E-state index < -0.39 is 0 Å². The van der Waals surface area contributed by atoms with E-state index in [0.717, 1.165) is 47.4 Å². The summed E-state index contributed by atoms with van der Waals surface area (Å²) in [6.07, 6.45) is 5.88. The maximum atomic E-state index is 5.28. The predicted octanol–water partition coefficient (Wildman–Crippen LogP) is 3.52. The van der Waals surface area contributed by atoms with Crippen molar-refractivity contribution in [2.24, 2.45) is 5.92 Å². The molecule has 0 aliphatic carbocycles. The number of hydrogen-bond donors (Lipinski definition) is 0. The van der Waals surface area contributed by atoms with Gasteiger partial charge in [-0.2, -0.15) is 4.98 Å². The summed E-state index contributed by atoms with van der Waals surface area (Å²) in [6, 6.07) is 8.04. The lowest BCUT2D eigenvalue weighted by Crippen LogP contribution is -2.34. The van der Waals surface area contributed by atoms with Gasteiger partial charge in [0.05, 0.1) is 18.1 Å². The van der Waals surface area contributed by atoms with Gasteiger partial charge in [-0.1, -0.05) is 13.3 Å². The van der Waals surface area contributed by atoms with Crippen LogP contribution in [-0.4, -0.2) is 34.6 Å². The minimum Gasteiger partial charge on any atom is -0.497 e. The van der Waals surface area contributed by atoms with E-state index in [0.29, 0.717) is 0 Å². The van der Waals surface area contributed by atoms with Gasteiger partial charge in [-0.05, 0) is 37.0 Å². The molecule has 0 spiro atoms. The van der Waals surface area contributed by atoms with E-state index in [1.807, 2.05) is 22.6 Å². The number of hydrogen-bond acceptors (Lipinski definition) is 4. The Morgan fingerprint density at radius 1 is 1.17 bits per heavy atom. The molecule has 120 valence electrons. The molecule has 1 fully saturated rings. The van der Waals surface area contributed by atoms with E-state index in [2.05, 4.69) is 29.1 Å². The van der Waals surface area contributed by atoms with Crippen molar-refractivity contribution in [3.63, 3.8) is 0 Å². The van der Waals surface area contributed by atoms with Gasteiger partial charge in [-0.3, -0.25) is 4.40 Å². The highest BCUT2D eigenvalue weighted by molar-refractivity contribution is 5.81. The SMILES string of the molecule is CCC1CCN(c2ccn3c(n2)nc2cc(OC)ccc23)CC1. The molecule has 0 unspecified atom stereocenters. The second kappa shape index (κ2) is 5.72. The molecular weight excluding hydrogens is 288 g/mol. The van der Waals surface area contributed by atoms with Crippen molar-refractivity contribution >= 4 is 22.6 Å². The predicted molar refractivity (Wildman–Crippen MR) is 92.3 cm³/mol. The summed E-state index contributed by atoms with van der Waals surface area (Å²) in [5, 5.41) is 0. The first kappa shape index (κ1) is 14.3. The molecule has 1 saturated heterocycles. The van der Waals surface area contributed by atoms with E-state index in [-0.39, 0.29) is 0 Å². The summed E-state index contributed by atoms with van der Waals surface area (Å²) < 4.78 is 7.32. The minimum atomic E-state index is 0.753. The van der Waals surface area contributed by atoms with Crippen LogP contribution in [0.5, 0.6) is 5.75 Å². The molecule has 3 heterocycles. The van der Waals surface area contributed by atoms with E-state index in [1.165, 1.54) is 19.3 Å². The number of nitrogens with zero attached hydrogens (tertiary/aromatic N) is 4. The molecule has 0 atom stereocenters. The number of aromatic nitrogens is 3. The lowest BCUT2D eigenvalue weighted by Gasteiger charge is -2.32. The average molecular weight is 310 g/mol. The molecule has 0 saturated carbocycles. The van der Waals surface area contributed by atoms with Crippen molar-refractivity contribution in [2.75, 3.05) is 25.1 Å². The number of fused-ring (bicyclic) bond motifs is 3. The molecule has 1 aromatic carbocycles. The molecule has 0 bridgehead atoms. The fourth-order valence-electron chi connectivity index (χ4n) is 3.45. The van der Waals surface area contributed by atoms with Crippen LogP contribution in [0.15, 0.2) is 30.5 Å². The Morgan fingerprint density at radius 3 is 2.74 bits per heavy atom. The maximum absolute atomic E-state index is 5.28. The van der Waals surface area contributed by atoms with Crippen LogP contribution in [0, 0.1) is 5.92 Å². The monoisotopic (exact) mass is 310 g/mol. The smallest absolute Gasteiger partial charge is 0.236 e. The van der Waals surface area contributed by atoms with Crippen molar-refractivity contribution in [3.05, 3.63) is 30.5 Å². The van der Waals surface area contributed by atoms with E-state index in [4.69, 9.17) is 9.72 Å². The average Bonchev–Trinajstić information content (AvgIpc) is 2.98. The molecule has 23 heavy (non-hydrogen) atoms. The number of methoxy groups -OCH3 is 1. The van der Waals surface area contributed by atoms with Crippen LogP contribution >= 0.6 is 0 Å². The minimum absolute atomic E-state index is 0.753. The number of anilines is 1. The van der Waals surface area contributed by atoms with Gasteiger partial charge in [-0.15, -0.1) is 0 Å². The van der Waals surface area contributed by atoms with Gasteiger partial charge >= 0.3 is 0 Å². The zero-order chi connectivity index (χ0) is 15.8. The first-order valence-corrected chi connectivity index (χ1v) is 8.36. The number of imidazole rings is 1. The number of benzene rings is 1. The molecule has 0 N–H and O–H groups in total. The molecule has 5 nitrogen and oxygen atoms in total. The maximum Gasteiger partial charge on any atom is 0.236 e. The summed E-state index contributed by atoms with van der Waals surface area (Å²) in [6.45, 7) is 4.47. The van der Waals surface area contributed by atoms with Crippen LogP contribution in [0.2, 0.25) is 0 Å². The quantitative estimate of drug-likeness (QED) is 0.742. The van der Waals surface area contributed by atoms with Gasteiger partial charge in [0.2, 0.25) is 5.78 Å². The second-order valence-corrected chi connectivity index (χ2v) is 6.26. The number of rotatable bonds is 3. The topological polar surface area (TPSA) is 42.7 Å². The lowest BCUT2D eigenvalue weighted by molar-refractivity contribution is 0.394. The largest absolute Gasteiger partial charge is 0.497 e. The summed E-state index contributed by atoms with van der Waals surface area (Å²) in [4.78, 5) is 11.8. The van der Waals surface area contributed by atoms with Gasteiger partial charge in [0.15, 0.2) is 0 Å². The molecule has 5 heteroatoms. The summed E-state index contributed by atoms with van der Waals surface area (Å²) >= 11 is 0. The van der Waals surface area contributed by atoms with Crippen molar-refractivity contribution < 1.29 is 4.74 Å². The Hall–Kier alpha value is -2.30. The van der Waals surface area contributed by atoms with E-state index in [1.54, 1.807) is 7.11 Å². The molecule has 4 rings (SSSR count).